The zero-order valence-corrected chi connectivity index (χ0v) is 11.6. The van der Waals surface area contributed by atoms with E-state index < -0.39 is 0 Å². The van der Waals surface area contributed by atoms with E-state index in [2.05, 4.69) is 10.2 Å². The van der Waals surface area contributed by atoms with Gasteiger partial charge in [0.25, 0.3) is 5.91 Å². The van der Waals surface area contributed by atoms with Gasteiger partial charge in [0.1, 0.15) is 5.76 Å². The van der Waals surface area contributed by atoms with E-state index in [-0.39, 0.29) is 5.91 Å². The molecule has 2 fully saturated rings. The minimum Gasteiger partial charge on any atom is -0.455 e. The molecule has 0 spiro atoms. The molecule has 0 aromatic carbocycles. The highest BCUT2D eigenvalue weighted by Crippen LogP contribution is 2.14. The normalized spacial score (nSPS) is 21.1. The van der Waals surface area contributed by atoms with E-state index in [1.165, 1.54) is 0 Å². The van der Waals surface area contributed by atoms with Gasteiger partial charge in [0, 0.05) is 39.3 Å². The van der Waals surface area contributed by atoms with Crippen LogP contribution in [0.3, 0.4) is 0 Å². The molecule has 110 valence electrons. The molecule has 0 saturated carbocycles. The molecule has 2 aliphatic rings. The Morgan fingerprint density at radius 3 is 2.65 bits per heavy atom. The van der Waals surface area contributed by atoms with Crippen molar-refractivity contribution >= 4 is 5.91 Å². The molecule has 1 aromatic rings. The van der Waals surface area contributed by atoms with E-state index in [0.29, 0.717) is 5.76 Å². The van der Waals surface area contributed by atoms with Crippen LogP contribution in [0, 0.1) is 0 Å². The summed E-state index contributed by atoms with van der Waals surface area (Å²) < 4.78 is 11.0. The summed E-state index contributed by atoms with van der Waals surface area (Å²) in [6, 6.07) is 3.70. The first-order chi connectivity index (χ1) is 9.83. The lowest BCUT2D eigenvalue weighted by molar-refractivity contribution is 0.0309. The number of amides is 1. The van der Waals surface area contributed by atoms with Crippen LogP contribution in [0.15, 0.2) is 16.5 Å². The summed E-state index contributed by atoms with van der Waals surface area (Å²) in [5.41, 5.74) is 0. The van der Waals surface area contributed by atoms with Crippen molar-refractivity contribution in [3.05, 3.63) is 23.7 Å². The van der Waals surface area contributed by atoms with Crippen LogP contribution in [0.25, 0.3) is 0 Å². The Labute approximate surface area is 118 Å². The number of rotatable bonds is 3. The second-order valence-corrected chi connectivity index (χ2v) is 5.20. The maximum atomic E-state index is 12.3. The van der Waals surface area contributed by atoms with Gasteiger partial charge in [-0.2, -0.15) is 0 Å². The fourth-order valence-electron chi connectivity index (χ4n) is 2.58. The van der Waals surface area contributed by atoms with E-state index in [0.717, 1.165) is 64.8 Å². The molecular weight excluding hydrogens is 258 g/mol. The maximum absolute atomic E-state index is 12.3. The van der Waals surface area contributed by atoms with Gasteiger partial charge in [-0.15, -0.1) is 0 Å². The molecule has 0 atom stereocenters. The number of hydrogen-bond donors (Lipinski definition) is 1. The number of carbonyl (C=O) groups is 1. The van der Waals surface area contributed by atoms with Crippen LogP contribution >= 0.6 is 0 Å². The number of nitrogens with zero attached hydrogens (tertiary/aromatic N) is 2. The zero-order valence-electron chi connectivity index (χ0n) is 11.6. The van der Waals surface area contributed by atoms with Gasteiger partial charge in [0.2, 0.25) is 0 Å². The molecule has 0 unspecified atom stereocenters. The smallest absolute Gasteiger partial charge is 0.289 e. The lowest BCUT2D eigenvalue weighted by Crippen LogP contribution is -2.46. The molecule has 1 aromatic heterocycles. The largest absolute Gasteiger partial charge is 0.455 e. The van der Waals surface area contributed by atoms with Crippen LogP contribution in [0.2, 0.25) is 0 Å². The number of hydrogen-bond acceptors (Lipinski definition) is 5. The van der Waals surface area contributed by atoms with Gasteiger partial charge < -0.3 is 19.4 Å². The number of morpholine rings is 1. The SMILES string of the molecule is O=C(c1ccc(CN2CCOCC2)o1)N1CCNCC1. The van der Waals surface area contributed by atoms with Crippen molar-refractivity contribution in [2.75, 3.05) is 52.5 Å². The lowest BCUT2D eigenvalue weighted by atomic mass is 10.3. The van der Waals surface area contributed by atoms with Gasteiger partial charge in [-0.05, 0) is 12.1 Å². The van der Waals surface area contributed by atoms with Gasteiger partial charge in [0.05, 0.1) is 19.8 Å². The summed E-state index contributed by atoms with van der Waals surface area (Å²) >= 11 is 0. The Kier molecular flexibility index (Phi) is 4.34. The molecule has 20 heavy (non-hydrogen) atoms. The molecule has 1 amide bonds. The van der Waals surface area contributed by atoms with E-state index in [1.54, 1.807) is 6.07 Å². The van der Waals surface area contributed by atoms with Crippen LogP contribution < -0.4 is 5.32 Å². The summed E-state index contributed by atoms with van der Waals surface area (Å²) in [6.07, 6.45) is 0. The quantitative estimate of drug-likeness (QED) is 0.854. The van der Waals surface area contributed by atoms with Gasteiger partial charge in [-0.3, -0.25) is 9.69 Å². The third kappa shape index (κ3) is 3.20. The first-order valence-corrected chi connectivity index (χ1v) is 7.22. The van der Waals surface area contributed by atoms with Crippen LogP contribution in [-0.4, -0.2) is 68.2 Å². The summed E-state index contributed by atoms with van der Waals surface area (Å²) in [5.74, 6) is 1.31. The second kappa shape index (κ2) is 6.39. The Hall–Kier alpha value is -1.37. The van der Waals surface area contributed by atoms with Gasteiger partial charge in [-0.1, -0.05) is 0 Å². The van der Waals surface area contributed by atoms with Crippen molar-refractivity contribution in [3.63, 3.8) is 0 Å². The van der Waals surface area contributed by atoms with Gasteiger partial charge >= 0.3 is 0 Å². The first kappa shape index (κ1) is 13.6. The summed E-state index contributed by atoms with van der Waals surface area (Å²) in [7, 11) is 0. The summed E-state index contributed by atoms with van der Waals surface area (Å²) in [5, 5.41) is 3.24. The van der Waals surface area contributed by atoms with Crippen molar-refractivity contribution in [2.24, 2.45) is 0 Å². The molecule has 6 nitrogen and oxygen atoms in total. The highest BCUT2D eigenvalue weighted by atomic mass is 16.5. The molecule has 6 heteroatoms. The predicted molar refractivity (Wildman–Crippen MR) is 73.6 cm³/mol. The van der Waals surface area contributed by atoms with Crippen LogP contribution in [0.1, 0.15) is 16.3 Å². The third-order valence-electron chi connectivity index (χ3n) is 3.76. The van der Waals surface area contributed by atoms with E-state index >= 15 is 0 Å². The molecule has 3 heterocycles. The topological polar surface area (TPSA) is 58.0 Å². The Morgan fingerprint density at radius 2 is 1.90 bits per heavy atom. The maximum Gasteiger partial charge on any atom is 0.289 e. The molecule has 0 aliphatic carbocycles. The molecule has 1 N–H and O–H groups in total. The predicted octanol–water partition coefficient (Wildman–Crippen LogP) is 0.157. The standard InChI is InChI=1S/C14H21N3O3/c18-14(17-5-3-15-4-6-17)13-2-1-12(20-13)11-16-7-9-19-10-8-16/h1-2,15H,3-11H2. The number of furan rings is 1. The van der Waals surface area contributed by atoms with Gasteiger partial charge in [0.15, 0.2) is 5.76 Å². The zero-order chi connectivity index (χ0) is 13.8. The molecular formula is C14H21N3O3. The van der Waals surface area contributed by atoms with Crippen molar-refractivity contribution in [1.82, 2.24) is 15.1 Å². The van der Waals surface area contributed by atoms with E-state index in [4.69, 9.17) is 9.15 Å². The average Bonchev–Trinajstić information content (AvgIpc) is 2.97. The Bertz CT molecular complexity index is 448. The van der Waals surface area contributed by atoms with Crippen LogP contribution in [-0.2, 0) is 11.3 Å². The van der Waals surface area contributed by atoms with Crippen LogP contribution in [0.4, 0.5) is 0 Å². The fourth-order valence-corrected chi connectivity index (χ4v) is 2.58. The molecule has 0 bridgehead atoms. The average molecular weight is 279 g/mol. The third-order valence-corrected chi connectivity index (χ3v) is 3.76. The minimum absolute atomic E-state index is 0.000252. The Morgan fingerprint density at radius 1 is 1.15 bits per heavy atom. The van der Waals surface area contributed by atoms with Crippen molar-refractivity contribution in [2.45, 2.75) is 6.54 Å². The highest BCUT2D eigenvalue weighted by Gasteiger charge is 2.21. The molecule has 2 saturated heterocycles. The number of nitrogens with one attached hydrogen (secondary N) is 1. The van der Waals surface area contributed by atoms with Crippen molar-refractivity contribution < 1.29 is 13.9 Å². The number of ether oxygens (including phenoxy) is 1. The second-order valence-electron chi connectivity index (χ2n) is 5.20. The van der Waals surface area contributed by atoms with Crippen molar-refractivity contribution in [3.8, 4) is 0 Å². The Balaban J connectivity index is 1.59. The highest BCUT2D eigenvalue weighted by molar-refractivity contribution is 5.91. The lowest BCUT2D eigenvalue weighted by Gasteiger charge is -2.26. The minimum atomic E-state index is -0.000252. The van der Waals surface area contributed by atoms with E-state index in [1.807, 2.05) is 11.0 Å². The molecule has 3 rings (SSSR count). The van der Waals surface area contributed by atoms with Gasteiger partial charge in [-0.25, -0.2) is 0 Å². The molecule has 0 radical (unpaired) electrons. The number of piperazine rings is 1. The van der Waals surface area contributed by atoms with Crippen LogP contribution in [0.5, 0.6) is 0 Å². The monoisotopic (exact) mass is 279 g/mol. The van der Waals surface area contributed by atoms with Crippen molar-refractivity contribution in [1.29, 1.82) is 0 Å². The summed E-state index contributed by atoms with van der Waals surface area (Å²) in [4.78, 5) is 16.4. The van der Waals surface area contributed by atoms with E-state index in [9.17, 15) is 4.79 Å². The summed E-state index contributed by atoms with van der Waals surface area (Å²) in [6.45, 7) is 7.33. The fraction of sp³-hybridized carbons (Fsp3) is 0.643. The molecule has 2 aliphatic heterocycles. The first-order valence-electron chi connectivity index (χ1n) is 7.22. The number of carbonyl (C=O) groups excluding carboxylic acids is 1.